The predicted octanol–water partition coefficient (Wildman–Crippen LogP) is 4.24. The Morgan fingerprint density at radius 1 is 1.16 bits per heavy atom. The average Bonchev–Trinajstić information content (AvgIpc) is 2.39. The molecule has 1 unspecified atom stereocenters. The van der Waals surface area contributed by atoms with Crippen molar-refractivity contribution in [2.75, 3.05) is 6.61 Å². The third kappa shape index (κ3) is 3.17. The molecule has 0 amide bonds. The number of halogens is 1. The van der Waals surface area contributed by atoms with Crippen molar-refractivity contribution in [3.8, 4) is 5.75 Å². The minimum absolute atomic E-state index is 0.586. The molecule has 0 aromatic heterocycles. The van der Waals surface area contributed by atoms with Crippen molar-refractivity contribution < 1.29 is 9.84 Å². The standard InChI is InChI=1S/C16H17BrO2/c1-3-19-15-7-5-4-6-14(15)16(18)13-9-8-12(17)10-11(13)2/h4-10,16,18H,3H2,1-2H3. The Kier molecular flexibility index (Phi) is 4.61. The zero-order chi connectivity index (χ0) is 13.8. The Hall–Kier alpha value is -1.32. The molecule has 1 atom stereocenters. The van der Waals surface area contributed by atoms with Crippen LogP contribution >= 0.6 is 15.9 Å². The number of aliphatic hydroxyl groups is 1. The van der Waals surface area contributed by atoms with Gasteiger partial charge in [0.25, 0.3) is 0 Å². The molecule has 0 saturated heterocycles. The normalized spacial score (nSPS) is 12.2. The largest absolute Gasteiger partial charge is 0.493 e. The van der Waals surface area contributed by atoms with E-state index >= 15 is 0 Å². The smallest absolute Gasteiger partial charge is 0.125 e. The Balaban J connectivity index is 2.41. The van der Waals surface area contributed by atoms with E-state index in [9.17, 15) is 5.11 Å². The van der Waals surface area contributed by atoms with Crippen LogP contribution in [0.5, 0.6) is 5.75 Å². The van der Waals surface area contributed by atoms with Gasteiger partial charge in [-0.05, 0) is 43.2 Å². The van der Waals surface area contributed by atoms with Crippen molar-refractivity contribution in [3.63, 3.8) is 0 Å². The lowest BCUT2D eigenvalue weighted by molar-refractivity contribution is 0.211. The molecule has 0 bridgehead atoms. The second-order valence-corrected chi connectivity index (χ2v) is 5.29. The zero-order valence-electron chi connectivity index (χ0n) is 11.1. The molecule has 0 spiro atoms. The van der Waals surface area contributed by atoms with Gasteiger partial charge >= 0.3 is 0 Å². The molecule has 19 heavy (non-hydrogen) atoms. The van der Waals surface area contributed by atoms with E-state index in [1.165, 1.54) is 0 Å². The fourth-order valence-corrected chi connectivity index (χ4v) is 2.58. The third-order valence-corrected chi connectivity index (χ3v) is 3.53. The van der Waals surface area contributed by atoms with Crippen LogP contribution in [0.2, 0.25) is 0 Å². The maximum atomic E-state index is 10.6. The van der Waals surface area contributed by atoms with Gasteiger partial charge in [0, 0.05) is 10.0 Å². The van der Waals surface area contributed by atoms with Crippen molar-refractivity contribution >= 4 is 15.9 Å². The van der Waals surface area contributed by atoms with E-state index in [2.05, 4.69) is 15.9 Å². The van der Waals surface area contributed by atoms with E-state index in [-0.39, 0.29) is 0 Å². The van der Waals surface area contributed by atoms with E-state index in [1.54, 1.807) is 0 Å². The fourth-order valence-electron chi connectivity index (χ4n) is 2.11. The maximum Gasteiger partial charge on any atom is 0.125 e. The molecule has 2 aromatic rings. The lowest BCUT2D eigenvalue weighted by Gasteiger charge is -2.17. The highest BCUT2D eigenvalue weighted by atomic mass is 79.9. The topological polar surface area (TPSA) is 29.5 Å². The quantitative estimate of drug-likeness (QED) is 0.913. The molecule has 0 radical (unpaired) electrons. The summed E-state index contributed by atoms with van der Waals surface area (Å²) in [7, 11) is 0. The van der Waals surface area contributed by atoms with E-state index in [1.807, 2.05) is 56.3 Å². The van der Waals surface area contributed by atoms with Gasteiger partial charge in [-0.1, -0.05) is 40.2 Å². The SMILES string of the molecule is CCOc1ccccc1C(O)c1ccc(Br)cc1C. The molecule has 2 aromatic carbocycles. The number of rotatable bonds is 4. The first-order valence-corrected chi connectivity index (χ1v) is 7.08. The number of hydrogen-bond donors (Lipinski definition) is 1. The van der Waals surface area contributed by atoms with Crippen LogP contribution in [0.25, 0.3) is 0 Å². The summed E-state index contributed by atoms with van der Waals surface area (Å²) in [5.74, 6) is 0.736. The van der Waals surface area contributed by atoms with Gasteiger partial charge < -0.3 is 9.84 Å². The number of hydrogen-bond acceptors (Lipinski definition) is 2. The Morgan fingerprint density at radius 3 is 2.58 bits per heavy atom. The molecule has 2 nitrogen and oxygen atoms in total. The molecule has 0 aliphatic rings. The number of ether oxygens (including phenoxy) is 1. The van der Waals surface area contributed by atoms with E-state index < -0.39 is 6.10 Å². The van der Waals surface area contributed by atoms with Gasteiger partial charge in [-0.3, -0.25) is 0 Å². The van der Waals surface area contributed by atoms with E-state index in [0.29, 0.717) is 6.61 Å². The summed E-state index contributed by atoms with van der Waals surface area (Å²) in [5.41, 5.74) is 2.75. The van der Waals surface area contributed by atoms with Gasteiger partial charge in [0.05, 0.1) is 6.61 Å². The van der Waals surface area contributed by atoms with Gasteiger partial charge in [0.1, 0.15) is 11.9 Å². The van der Waals surface area contributed by atoms with Crippen LogP contribution in [0, 0.1) is 6.92 Å². The molecule has 100 valence electrons. The number of aliphatic hydroxyl groups excluding tert-OH is 1. The third-order valence-electron chi connectivity index (χ3n) is 3.04. The number of benzene rings is 2. The van der Waals surface area contributed by atoms with Crippen molar-refractivity contribution in [2.45, 2.75) is 20.0 Å². The Bertz CT molecular complexity index is 566. The molecule has 0 heterocycles. The lowest BCUT2D eigenvalue weighted by Crippen LogP contribution is -2.05. The second kappa shape index (κ2) is 6.22. The summed E-state index contributed by atoms with van der Waals surface area (Å²) in [6.45, 7) is 4.52. The van der Waals surface area contributed by atoms with Crippen LogP contribution in [-0.4, -0.2) is 11.7 Å². The molecule has 0 aliphatic carbocycles. The van der Waals surface area contributed by atoms with Crippen LogP contribution in [0.4, 0.5) is 0 Å². The van der Waals surface area contributed by atoms with Crippen LogP contribution in [0.15, 0.2) is 46.9 Å². The highest BCUT2D eigenvalue weighted by molar-refractivity contribution is 9.10. The summed E-state index contributed by atoms with van der Waals surface area (Å²) in [5, 5.41) is 10.6. The zero-order valence-corrected chi connectivity index (χ0v) is 12.6. The maximum absolute atomic E-state index is 10.6. The second-order valence-electron chi connectivity index (χ2n) is 4.37. The summed E-state index contributed by atoms with van der Waals surface area (Å²) < 4.78 is 6.59. The van der Waals surface area contributed by atoms with Gasteiger partial charge in [-0.25, -0.2) is 0 Å². The molecule has 3 heteroatoms. The van der Waals surface area contributed by atoms with Gasteiger partial charge in [-0.2, -0.15) is 0 Å². The molecule has 0 saturated carbocycles. The molecule has 0 aliphatic heterocycles. The minimum Gasteiger partial charge on any atom is -0.493 e. The molecule has 2 rings (SSSR count). The summed E-state index contributed by atoms with van der Waals surface area (Å²) in [4.78, 5) is 0. The highest BCUT2D eigenvalue weighted by Gasteiger charge is 2.17. The van der Waals surface area contributed by atoms with Crippen LogP contribution in [0.3, 0.4) is 0 Å². The van der Waals surface area contributed by atoms with Crippen LogP contribution in [-0.2, 0) is 0 Å². The molecule has 0 fully saturated rings. The van der Waals surface area contributed by atoms with Crippen molar-refractivity contribution in [1.82, 2.24) is 0 Å². The van der Waals surface area contributed by atoms with Crippen LogP contribution < -0.4 is 4.74 Å². The monoisotopic (exact) mass is 320 g/mol. The Morgan fingerprint density at radius 2 is 1.89 bits per heavy atom. The van der Waals surface area contributed by atoms with Gasteiger partial charge in [0.2, 0.25) is 0 Å². The molecule has 1 N–H and O–H groups in total. The Labute approximate surface area is 122 Å². The minimum atomic E-state index is -0.671. The number of aryl methyl sites for hydroxylation is 1. The molecular formula is C16H17BrO2. The van der Waals surface area contributed by atoms with Crippen molar-refractivity contribution in [3.05, 3.63) is 63.6 Å². The first-order chi connectivity index (χ1) is 9.13. The van der Waals surface area contributed by atoms with E-state index in [4.69, 9.17) is 4.74 Å². The summed E-state index contributed by atoms with van der Waals surface area (Å²) in [6.07, 6.45) is -0.671. The van der Waals surface area contributed by atoms with Gasteiger partial charge in [-0.15, -0.1) is 0 Å². The van der Waals surface area contributed by atoms with Crippen molar-refractivity contribution in [2.24, 2.45) is 0 Å². The number of para-hydroxylation sites is 1. The first-order valence-electron chi connectivity index (χ1n) is 6.29. The first kappa shape index (κ1) is 14.1. The summed E-state index contributed by atoms with van der Waals surface area (Å²) in [6, 6.07) is 13.5. The van der Waals surface area contributed by atoms with Crippen molar-refractivity contribution in [1.29, 1.82) is 0 Å². The fraction of sp³-hybridized carbons (Fsp3) is 0.250. The predicted molar refractivity (Wildman–Crippen MR) is 80.6 cm³/mol. The van der Waals surface area contributed by atoms with E-state index in [0.717, 1.165) is 26.9 Å². The molecular weight excluding hydrogens is 304 g/mol. The summed E-state index contributed by atoms with van der Waals surface area (Å²) >= 11 is 3.43. The van der Waals surface area contributed by atoms with Gasteiger partial charge in [0.15, 0.2) is 0 Å². The van der Waals surface area contributed by atoms with Crippen LogP contribution in [0.1, 0.15) is 29.7 Å². The highest BCUT2D eigenvalue weighted by Crippen LogP contribution is 2.32. The average molecular weight is 321 g/mol. The lowest BCUT2D eigenvalue weighted by atomic mass is 9.97.